The molecule has 0 N–H and O–H groups in total. The van der Waals surface area contributed by atoms with E-state index in [2.05, 4.69) is 48.4 Å². The van der Waals surface area contributed by atoms with Crippen molar-refractivity contribution in [2.75, 3.05) is 6.54 Å². The molecule has 0 unspecified atom stereocenters. The largest absolute Gasteiger partial charge is 0.293 e. The molecule has 2 aliphatic rings. The smallest absolute Gasteiger partial charge is 0.131 e. The topological polar surface area (TPSA) is 41.9 Å². The van der Waals surface area contributed by atoms with Crippen LogP contribution < -0.4 is 0 Å². The highest BCUT2D eigenvalue weighted by atomic mass is 32.1. The summed E-state index contributed by atoms with van der Waals surface area (Å²) >= 11 is 1.82. The predicted octanol–water partition coefficient (Wildman–Crippen LogP) is 5.51. The van der Waals surface area contributed by atoms with E-state index in [9.17, 15) is 0 Å². The van der Waals surface area contributed by atoms with E-state index >= 15 is 0 Å². The summed E-state index contributed by atoms with van der Waals surface area (Å²) in [5.74, 6) is 1.68. The van der Waals surface area contributed by atoms with Gasteiger partial charge in [-0.3, -0.25) is 4.90 Å². The van der Waals surface area contributed by atoms with Crippen molar-refractivity contribution < 1.29 is 0 Å². The van der Waals surface area contributed by atoms with Gasteiger partial charge in [-0.2, -0.15) is 0 Å². The lowest BCUT2D eigenvalue weighted by Gasteiger charge is -2.29. The first-order chi connectivity index (χ1) is 14.3. The fourth-order valence-electron chi connectivity index (χ4n) is 4.68. The summed E-state index contributed by atoms with van der Waals surface area (Å²) in [6.07, 6.45) is 9.69. The first-order valence-electron chi connectivity index (χ1n) is 10.8. The van der Waals surface area contributed by atoms with Crippen molar-refractivity contribution >= 4 is 11.3 Å². The van der Waals surface area contributed by atoms with Gasteiger partial charge in [0, 0.05) is 59.9 Å². The van der Waals surface area contributed by atoms with Crippen LogP contribution in [0.5, 0.6) is 0 Å². The highest BCUT2D eigenvalue weighted by Gasteiger charge is 2.24. The highest BCUT2D eigenvalue weighted by molar-refractivity contribution is 7.12. The molecule has 0 spiro atoms. The van der Waals surface area contributed by atoms with E-state index < -0.39 is 0 Å². The Morgan fingerprint density at radius 3 is 2.72 bits per heavy atom. The first kappa shape index (κ1) is 18.9. The zero-order chi connectivity index (χ0) is 19.6. The number of aromatic nitrogens is 3. The van der Waals surface area contributed by atoms with Crippen molar-refractivity contribution in [3.05, 3.63) is 63.5 Å². The molecule has 0 saturated heterocycles. The molecule has 1 aliphatic carbocycles. The highest BCUT2D eigenvalue weighted by Crippen LogP contribution is 2.33. The van der Waals surface area contributed by atoms with Gasteiger partial charge >= 0.3 is 0 Å². The van der Waals surface area contributed by atoms with Crippen molar-refractivity contribution in [1.29, 1.82) is 0 Å². The average Bonchev–Trinajstić information content (AvgIpc) is 3.14. The Hall–Kier alpha value is -2.11. The molecule has 4 nitrogen and oxygen atoms in total. The lowest BCUT2D eigenvalue weighted by atomic mass is 9.88. The van der Waals surface area contributed by atoms with Gasteiger partial charge in [-0.15, -0.1) is 11.3 Å². The van der Waals surface area contributed by atoms with Crippen molar-refractivity contribution in [3.63, 3.8) is 0 Å². The van der Waals surface area contributed by atoms with Crippen molar-refractivity contribution in [2.24, 2.45) is 0 Å². The van der Waals surface area contributed by atoms with Gasteiger partial charge in [0.1, 0.15) is 5.82 Å². The second kappa shape index (κ2) is 8.33. The van der Waals surface area contributed by atoms with Gasteiger partial charge in [0.15, 0.2) is 0 Å². The molecule has 1 aliphatic heterocycles. The van der Waals surface area contributed by atoms with E-state index in [0.717, 1.165) is 42.6 Å². The minimum atomic E-state index is 0.584. The number of thiazole rings is 1. The van der Waals surface area contributed by atoms with Crippen LogP contribution in [-0.4, -0.2) is 26.4 Å². The van der Waals surface area contributed by atoms with Crippen LogP contribution in [0.2, 0.25) is 0 Å². The Kier molecular flexibility index (Phi) is 5.42. The Bertz CT molecular complexity index is 976. The fraction of sp³-hybridized carbons (Fsp3) is 0.458. The van der Waals surface area contributed by atoms with Gasteiger partial charge in [0.25, 0.3) is 0 Å². The maximum atomic E-state index is 5.00. The first-order valence-corrected chi connectivity index (χ1v) is 11.7. The standard InChI is InChI=1S/C24H28N4S/c1-17-26-23(18-8-4-2-5-9-18)22(29-17)16-28-13-12-21-20(15-28)14-25-24(27-21)19-10-6-3-7-11-19/h2,4-5,8-9,14,19H,3,6-7,10-13,15-16H2,1H3. The second-order valence-electron chi connectivity index (χ2n) is 8.37. The van der Waals surface area contributed by atoms with Crippen molar-refractivity contribution in [1.82, 2.24) is 19.9 Å². The molecule has 3 aromatic rings. The van der Waals surface area contributed by atoms with Crippen LogP contribution in [0.3, 0.4) is 0 Å². The molecule has 5 rings (SSSR count). The number of nitrogens with zero attached hydrogens (tertiary/aromatic N) is 4. The van der Waals surface area contributed by atoms with E-state index in [-0.39, 0.29) is 0 Å². The summed E-state index contributed by atoms with van der Waals surface area (Å²) in [6, 6.07) is 10.6. The van der Waals surface area contributed by atoms with E-state index in [1.807, 2.05) is 11.3 Å². The van der Waals surface area contributed by atoms with Crippen LogP contribution >= 0.6 is 11.3 Å². The zero-order valence-electron chi connectivity index (χ0n) is 17.1. The van der Waals surface area contributed by atoms with Crippen LogP contribution in [0.25, 0.3) is 11.3 Å². The van der Waals surface area contributed by atoms with Gasteiger partial charge < -0.3 is 0 Å². The van der Waals surface area contributed by atoms with Crippen molar-refractivity contribution in [2.45, 2.75) is 64.5 Å². The Morgan fingerprint density at radius 2 is 1.90 bits per heavy atom. The average molecular weight is 405 g/mol. The van der Waals surface area contributed by atoms with Gasteiger partial charge in [0.2, 0.25) is 0 Å². The van der Waals surface area contributed by atoms with E-state index in [4.69, 9.17) is 15.0 Å². The molecule has 0 radical (unpaired) electrons. The van der Waals surface area contributed by atoms with Crippen LogP contribution in [0.15, 0.2) is 36.5 Å². The molecule has 1 aromatic carbocycles. The molecule has 2 aromatic heterocycles. The maximum Gasteiger partial charge on any atom is 0.131 e. The SMILES string of the molecule is Cc1nc(-c2ccccc2)c(CN2CCc3nc(C4CCCCC4)ncc3C2)s1. The van der Waals surface area contributed by atoms with E-state index in [1.54, 1.807) is 0 Å². The quantitative estimate of drug-likeness (QED) is 0.575. The molecule has 3 heterocycles. The Labute approximate surface area is 177 Å². The summed E-state index contributed by atoms with van der Waals surface area (Å²) in [5, 5.41) is 1.14. The van der Waals surface area contributed by atoms with Gasteiger partial charge in [0.05, 0.1) is 10.7 Å². The number of hydrogen-bond donors (Lipinski definition) is 0. The lowest BCUT2D eigenvalue weighted by Crippen LogP contribution is -2.31. The summed E-state index contributed by atoms with van der Waals surface area (Å²) in [6.45, 7) is 5.04. The predicted molar refractivity (Wildman–Crippen MR) is 118 cm³/mol. The number of aryl methyl sites for hydroxylation is 1. The summed E-state index contributed by atoms with van der Waals surface area (Å²) in [4.78, 5) is 18.5. The molecule has 1 saturated carbocycles. The fourth-order valence-corrected chi connectivity index (χ4v) is 5.68. The number of hydrogen-bond acceptors (Lipinski definition) is 5. The second-order valence-corrected chi connectivity index (χ2v) is 9.65. The van der Waals surface area contributed by atoms with Crippen LogP contribution in [0.1, 0.15) is 65.0 Å². The minimum absolute atomic E-state index is 0.584. The number of fused-ring (bicyclic) bond motifs is 1. The maximum absolute atomic E-state index is 5.00. The third-order valence-electron chi connectivity index (χ3n) is 6.22. The van der Waals surface area contributed by atoms with E-state index in [1.165, 1.54) is 53.8 Å². The molecule has 0 bridgehead atoms. The Morgan fingerprint density at radius 1 is 1.07 bits per heavy atom. The molecule has 5 heteroatoms. The summed E-state index contributed by atoms with van der Waals surface area (Å²) in [7, 11) is 0. The lowest BCUT2D eigenvalue weighted by molar-refractivity contribution is 0.244. The Balaban J connectivity index is 1.32. The number of rotatable bonds is 4. The molecule has 0 amide bonds. The van der Waals surface area contributed by atoms with Crippen LogP contribution in [0.4, 0.5) is 0 Å². The molecule has 1 fully saturated rings. The molecular weight excluding hydrogens is 376 g/mol. The van der Waals surface area contributed by atoms with Gasteiger partial charge in [-0.25, -0.2) is 15.0 Å². The zero-order valence-corrected chi connectivity index (χ0v) is 17.9. The van der Waals surface area contributed by atoms with Crippen LogP contribution in [-0.2, 0) is 19.5 Å². The van der Waals surface area contributed by atoms with E-state index in [0.29, 0.717) is 5.92 Å². The number of benzene rings is 1. The summed E-state index contributed by atoms with van der Waals surface area (Å²) < 4.78 is 0. The third-order valence-corrected chi connectivity index (χ3v) is 7.18. The summed E-state index contributed by atoms with van der Waals surface area (Å²) in [5.41, 5.74) is 4.94. The van der Waals surface area contributed by atoms with Crippen LogP contribution in [0, 0.1) is 6.92 Å². The van der Waals surface area contributed by atoms with Gasteiger partial charge in [-0.1, -0.05) is 49.6 Å². The monoisotopic (exact) mass is 404 g/mol. The molecule has 0 atom stereocenters. The third kappa shape index (κ3) is 4.12. The van der Waals surface area contributed by atoms with Gasteiger partial charge in [-0.05, 0) is 19.8 Å². The van der Waals surface area contributed by atoms with Crippen molar-refractivity contribution in [3.8, 4) is 11.3 Å². The minimum Gasteiger partial charge on any atom is -0.293 e. The molecule has 29 heavy (non-hydrogen) atoms. The molecule has 150 valence electrons. The molecular formula is C24H28N4S. The normalized spacial score (nSPS) is 18.0.